The summed E-state index contributed by atoms with van der Waals surface area (Å²) in [6, 6.07) is 1.64. The summed E-state index contributed by atoms with van der Waals surface area (Å²) in [5.41, 5.74) is 6.14. The second kappa shape index (κ2) is 3.44. The quantitative estimate of drug-likeness (QED) is 0.693. The Morgan fingerprint density at radius 1 is 1.73 bits per heavy atom. The predicted octanol–water partition coefficient (Wildman–Crippen LogP) is 1.11. The van der Waals surface area contributed by atoms with Crippen molar-refractivity contribution < 1.29 is 4.39 Å². The lowest BCUT2D eigenvalue weighted by molar-refractivity contribution is 0.590. The molecule has 0 saturated carbocycles. The Balaban J connectivity index is 2.78. The number of aromatic nitrogens is 1. The highest BCUT2D eigenvalue weighted by molar-refractivity contribution is 5.13. The lowest BCUT2D eigenvalue weighted by Crippen LogP contribution is -2.18. The van der Waals surface area contributed by atoms with Crippen molar-refractivity contribution in [3.05, 3.63) is 29.8 Å². The van der Waals surface area contributed by atoms with E-state index in [4.69, 9.17) is 5.73 Å². The van der Waals surface area contributed by atoms with Gasteiger partial charge in [-0.1, -0.05) is 0 Å². The number of nitrogens with two attached hydrogens (primary N) is 1. The Morgan fingerprint density at radius 3 is 3.00 bits per heavy atom. The average molecular weight is 154 g/mol. The summed E-state index contributed by atoms with van der Waals surface area (Å²) in [6.45, 7) is 1.85. The molecule has 2 nitrogen and oxygen atoms in total. The van der Waals surface area contributed by atoms with Crippen molar-refractivity contribution in [1.29, 1.82) is 0 Å². The van der Waals surface area contributed by atoms with Crippen LogP contribution >= 0.6 is 0 Å². The van der Waals surface area contributed by atoms with Gasteiger partial charge in [-0.05, 0) is 25.0 Å². The van der Waals surface area contributed by atoms with Crippen molar-refractivity contribution in [2.45, 2.75) is 19.4 Å². The second-order valence-electron chi connectivity index (χ2n) is 2.65. The van der Waals surface area contributed by atoms with Gasteiger partial charge in [0.15, 0.2) is 0 Å². The Labute approximate surface area is 65.3 Å². The molecule has 1 aromatic rings. The molecule has 0 aromatic carbocycles. The van der Waals surface area contributed by atoms with Gasteiger partial charge >= 0.3 is 0 Å². The monoisotopic (exact) mass is 154 g/mol. The first-order chi connectivity index (χ1) is 5.20. The van der Waals surface area contributed by atoms with Gasteiger partial charge in [-0.2, -0.15) is 0 Å². The molecular weight excluding hydrogens is 143 g/mol. The summed E-state index contributed by atoms with van der Waals surface area (Å²) < 4.78 is 12.8. The molecule has 0 fully saturated rings. The van der Waals surface area contributed by atoms with Crippen LogP contribution in [0.25, 0.3) is 0 Å². The third-order valence-corrected chi connectivity index (χ3v) is 1.40. The number of hydrogen-bond acceptors (Lipinski definition) is 2. The topological polar surface area (TPSA) is 38.9 Å². The van der Waals surface area contributed by atoms with Crippen LogP contribution in [-0.4, -0.2) is 11.0 Å². The number of nitrogens with zero attached hydrogens (tertiary/aromatic N) is 1. The SMILES string of the molecule is CC(N)Cc1ccncc1F. The molecule has 11 heavy (non-hydrogen) atoms. The normalized spacial score (nSPS) is 13.0. The summed E-state index contributed by atoms with van der Waals surface area (Å²) in [6.07, 6.45) is 3.34. The van der Waals surface area contributed by atoms with Crippen LogP contribution in [0.3, 0.4) is 0 Å². The minimum atomic E-state index is -0.273. The number of hydrogen-bond donors (Lipinski definition) is 1. The van der Waals surface area contributed by atoms with Gasteiger partial charge in [-0.15, -0.1) is 0 Å². The van der Waals surface area contributed by atoms with E-state index in [0.29, 0.717) is 12.0 Å². The zero-order valence-electron chi connectivity index (χ0n) is 6.42. The molecule has 1 aromatic heterocycles. The van der Waals surface area contributed by atoms with Gasteiger partial charge in [-0.3, -0.25) is 4.98 Å². The van der Waals surface area contributed by atoms with E-state index in [1.807, 2.05) is 6.92 Å². The van der Waals surface area contributed by atoms with Crippen LogP contribution in [0.1, 0.15) is 12.5 Å². The fourth-order valence-electron chi connectivity index (χ4n) is 0.916. The first kappa shape index (κ1) is 8.14. The Hall–Kier alpha value is -0.960. The van der Waals surface area contributed by atoms with Crippen molar-refractivity contribution in [2.75, 3.05) is 0 Å². The fourth-order valence-corrected chi connectivity index (χ4v) is 0.916. The predicted molar refractivity (Wildman–Crippen MR) is 41.5 cm³/mol. The van der Waals surface area contributed by atoms with Gasteiger partial charge in [-0.25, -0.2) is 4.39 Å². The summed E-state index contributed by atoms with van der Waals surface area (Å²) in [5.74, 6) is -0.273. The molecule has 0 aliphatic carbocycles. The van der Waals surface area contributed by atoms with E-state index in [9.17, 15) is 4.39 Å². The molecule has 1 rings (SSSR count). The Morgan fingerprint density at radius 2 is 2.45 bits per heavy atom. The van der Waals surface area contributed by atoms with Gasteiger partial charge in [0.05, 0.1) is 6.20 Å². The molecule has 3 heteroatoms. The van der Waals surface area contributed by atoms with Gasteiger partial charge in [0.25, 0.3) is 0 Å². The maximum absolute atomic E-state index is 12.8. The third-order valence-electron chi connectivity index (χ3n) is 1.40. The van der Waals surface area contributed by atoms with E-state index < -0.39 is 0 Å². The minimum Gasteiger partial charge on any atom is -0.328 e. The molecule has 60 valence electrons. The molecule has 0 radical (unpaired) electrons. The highest BCUT2D eigenvalue weighted by Gasteiger charge is 2.02. The summed E-state index contributed by atoms with van der Waals surface area (Å²) in [7, 11) is 0. The van der Waals surface area contributed by atoms with Gasteiger partial charge < -0.3 is 5.73 Å². The minimum absolute atomic E-state index is 0.00750. The van der Waals surface area contributed by atoms with Crippen molar-refractivity contribution >= 4 is 0 Å². The van der Waals surface area contributed by atoms with Crippen molar-refractivity contribution in [1.82, 2.24) is 4.98 Å². The van der Waals surface area contributed by atoms with Gasteiger partial charge in [0.2, 0.25) is 0 Å². The summed E-state index contributed by atoms with van der Waals surface area (Å²) in [5, 5.41) is 0. The lowest BCUT2D eigenvalue weighted by Gasteiger charge is -2.04. The van der Waals surface area contributed by atoms with Crippen LogP contribution in [0.15, 0.2) is 18.5 Å². The first-order valence-corrected chi connectivity index (χ1v) is 3.54. The molecule has 0 amide bonds. The van der Waals surface area contributed by atoms with Crippen LogP contribution in [0.4, 0.5) is 4.39 Å². The standard InChI is InChI=1S/C8H11FN2/c1-6(10)4-7-2-3-11-5-8(7)9/h2-3,5-6H,4,10H2,1H3. The average Bonchev–Trinajstić information content (AvgIpc) is 1.93. The smallest absolute Gasteiger partial charge is 0.144 e. The molecule has 0 bridgehead atoms. The Kier molecular flexibility index (Phi) is 2.54. The van der Waals surface area contributed by atoms with Gasteiger partial charge in [0, 0.05) is 12.2 Å². The Bertz CT molecular complexity index is 235. The van der Waals surface area contributed by atoms with E-state index in [-0.39, 0.29) is 11.9 Å². The largest absolute Gasteiger partial charge is 0.328 e. The lowest BCUT2D eigenvalue weighted by atomic mass is 10.1. The third kappa shape index (κ3) is 2.27. The van der Waals surface area contributed by atoms with Crippen molar-refractivity contribution in [3.63, 3.8) is 0 Å². The molecular formula is C8H11FN2. The van der Waals surface area contributed by atoms with Crippen LogP contribution in [0.2, 0.25) is 0 Å². The van der Waals surface area contributed by atoms with E-state index in [2.05, 4.69) is 4.98 Å². The van der Waals surface area contributed by atoms with Crippen LogP contribution in [0.5, 0.6) is 0 Å². The molecule has 1 unspecified atom stereocenters. The maximum atomic E-state index is 12.8. The molecule has 0 aliphatic heterocycles. The van der Waals surface area contributed by atoms with Crippen LogP contribution in [0, 0.1) is 5.82 Å². The highest BCUT2D eigenvalue weighted by atomic mass is 19.1. The summed E-state index contributed by atoms with van der Waals surface area (Å²) in [4.78, 5) is 3.64. The molecule has 1 heterocycles. The number of pyridine rings is 1. The number of halogens is 1. The summed E-state index contributed by atoms with van der Waals surface area (Å²) >= 11 is 0. The molecule has 0 spiro atoms. The van der Waals surface area contributed by atoms with Crippen molar-refractivity contribution in [2.24, 2.45) is 5.73 Å². The van der Waals surface area contributed by atoms with Gasteiger partial charge in [0.1, 0.15) is 5.82 Å². The number of rotatable bonds is 2. The first-order valence-electron chi connectivity index (χ1n) is 3.54. The van der Waals surface area contributed by atoms with Crippen LogP contribution < -0.4 is 5.73 Å². The molecule has 1 atom stereocenters. The molecule has 2 N–H and O–H groups in total. The maximum Gasteiger partial charge on any atom is 0.144 e. The highest BCUT2D eigenvalue weighted by Crippen LogP contribution is 2.05. The van der Waals surface area contributed by atoms with Crippen molar-refractivity contribution in [3.8, 4) is 0 Å². The van der Waals surface area contributed by atoms with E-state index in [0.717, 1.165) is 0 Å². The zero-order valence-corrected chi connectivity index (χ0v) is 6.42. The zero-order chi connectivity index (χ0) is 8.27. The molecule has 0 aliphatic rings. The van der Waals surface area contributed by atoms with E-state index >= 15 is 0 Å². The second-order valence-corrected chi connectivity index (χ2v) is 2.65. The van der Waals surface area contributed by atoms with E-state index in [1.54, 1.807) is 12.3 Å². The molecule has 0 saturated heterocycles. The van der Waals surface area contributed by atoms with Crippen LogP contribution in [-0.2, 0) is 6.42 Å². The fraction of sp³-hybridized carbons (Fsp3) is 0.375. The van der Waals surface area contributed by atoms with E-state index in [1.165, 1.54) is 6.20 Å².